The Bertz CT molecular complexity index is 705. The highest BCUT2D eigenvalue weighted by Crippen LogP contribution is 2.21. The fraction of sp³-hybridized carbons (Fsp3) is 0.467. The highest BCUT2D eigenvalue weighted by atomic mass is 32.2. The van der Waals surface area contributed by atoms with Crippen molar-refractivity contribution in [3.8, 4) is 10.7 Å². The van der Waals surface area contributed by atoms with Crippen molar-refractivity contribution in [2.24, 2.45) is 0 Å². The summed E-state index contributed by atoms with van der Waals surface area (Å²) in [5.74, 6) is -0.0625. The second kappa shape index (κ2) is 9.80. The van der Waals surface area contributed by atoms with Gasteiger partial charge in [0.2, 0.25) is 10.0 Å². The van der Waals surface area contributed by atoms with Crippen molar-refractivity contribution >= 4 is 21.4 Å². The number of hydrogen-bond acceptors (Lipinski definition) is 7. The molecule has 0 unspecified atom stereocenters. The summed E-state index contributed by atoms with van der Waals surface area (Å²) >= 11 is 1.50. The molecule has 2 aromatic heterocycles. The van der Waals surface area contributed by atoms with Crippen molar-refractivity contribution in [1.82, 2.24) is 14.7 Å². The molecule has 0 aliphatic heterocycles. The number of thiazole rings is 1. The predicted octanol–water partition coefficient (Wildman–Crippen LogP) is 1.33. The maximum absolute atomic E-state index is 11.8. The number of nitrogens with one attached hydrogen (secondary N) is 1. The van der Waals surface area contributed by atoms with Crippen LogP contribution in [0.5, 0.6) is 0 Å². The van der Waals surface area contributed by atoms with E-state index in [2.05, 4.69) is 14.7 Å². The average Bonchev–Trinajstić information content (AvgIpc) is 3.04. The summed E-state index contributed by atoms with van der Waals surface area (Å²) in [5, 5.41) is 2.76. The fourth-order valence-corrected chi connectivity index (χ4v) is 3.57. The molecule has 2 aromatic rings. The van der Waals surface area contributed by atoms with Crippen molar-refractivity contribution in [2.75, 3.05) is 39.2 Å². The van der Waals surface area contributed by atoms with Crippen molar-refractivity contribution < 1.29 is 17.9 Å². The molecule has 0 aliphatic rings. The molecule has 0 radical (unpaired) electrons. The molecule has 0 bridgehead atoms. The average molecular weight is 371 g/mol. The summed E-state index contributed by atoms with van der Waals surface area (Å²) in [6.07, 6.45) is 2.26. The van der Waals surface area contributed by atoms with Crippen LogP contribution in [0.1, 0.15) is 5.69 Å². The number of aromatic nitrogens is 2. The molecule has 2 heterocycles. The largest absolute Gasteiger partial charge is 0.382 e. The van der Waals surface area contributed by atoms with Crippen LogP contribution in [0, 0.1) is 0 Å². The van der Waals surface area contributed by atoms with Crippen LogP contribution < -0.4 is 4.72 Å². The summed E-state index contributed by atoms with van der Waals surface area (Å²) in [4.78, 5) is 8.73. The number of rotatable bonds is 11. The monoisotopic (exact) mass is 371 g/mol. The number of sulfonamides is 1. The van der Waals surface area contributed by atoms with E-state index in [1.165, 1.54) is 11.3 Å². The van der Waals surface area contributed by atoms with Crippen LogP contribution in [0.3, 0.4) is 0 Å². The highest BCUT2D eigenvalue weighted by molar-refractivity contribution is 7.89. The zero-order valence-corrected chi connectivity index (χ0v) is 15.1. The standard InChI is InChI=1S/C15H21N3O4S2/c1-21-8-9-22-10-11-24(19,20)17-7-5-13-12-23-15(18-13)14-4-2-3-6-16-14/h2-4,6,12,17H,5,7-11H2,1H3. The summed E-state index contributed by atoms with van der Waals surface area (Å²) in [6, 6.07) is 5.66. The number of ether oxygens (including phenoxy) is 2. The maximum atomic E-state index is 11.8. The van der Waals surface area contributed by atoms with Gasteiger partial charge in [0.1, 0.15) is 5.01 Å². The molecule has 0 saturated carbocycles. The van der Waals surface area contributed by atoms with E-state index in [1.807, 2.05) is 23.6 Å². The molecule has 2 rings (SSSR count). The molecule has 0 spiro atoms. The first-order valence-corrected chi connectivity index (χ1v) is 10.0. The molecule has 0 amide bonds. The molecule has 7 nitrogen and oxygen atoms in total. The van der Waals surface area contributed by atoms with Crippen LogP contribution in [0.15, 0.2) is 29.8 Å². The van der Waals surface area contributed by atoms with Gasteiger partial charge >= 0.3 is 0 Å². The highest BCUT2D eigenvalue weighted by Gasteiger charge is 2.11. The van der Waals surface area contributed by atoms with Gasteiger partial charge in [0.05, 0.1) is 37.0 Å². The van der Waals surface area contributed by atoms with E-state index in [1.54, 1.807) is 13.3 Å². The molecule has 0 aromatic carbocycles. The van der Waals surface area contributed by atoms with E-state index in [-0.39, 0.29) is 12.4 Å². The first-order valence-electron chi connectivity index (χ1n) is 7.50. The maximum Gasteiger partial charge on any atom is 0.213 e. The van der Waals surface area contributed by atoms with Gasteiger partial charge in [-0.05, 0) is 12.1 Å². The third kappa shape index (κ3) is 6.62. The second-order valence-corrected chi connectivity index (χ2v) is 7.71. The topological polar surface area (TPSA) is 90.4 Å². The Morgan fingerprint density at radius 2 is 2.12 bits per heavy atom. The van der Waals surface area contributed by atoms with Crippen molar-refractivity contribution in [2.45, 2.75) is 6.42 Å². The van der Waals surface area contributed by atoms with E-state index in [9.17, 15) is 8.42 Å². The van der Waals surface area contributed by atoms with E-state index in [0.717, 1.165) is 16.4 Å². The van der Waals surface area contributed by atoms with Crippen LogP contribution >= 0.6 is 11.3 Å². The molecule has 24 heavy (non-hydrogen) atoms. The number of nitrogens with zero attached hydrogens (tertiary/aromatic N) is 2. The van der Waals surface area contributed by atoms with E-state index < -0.39 is 10.0 Å². The van der Waals surface area contributed by atoms with Gasteiger partial charge < -0.3 is 9.47 Å². The Balaban J connectivity index is 1.73. The third-order valence-electron chi connectivity index (χ3n) is 3.07. The van der Waals surface area contributed by atoms with Crippen molar-refractivity contribution in [3.05, 3.63) is 35.5 Å². The number of methoxy groups -OCH3 is 1. The first-order chi connectivity index (χ1) is 11.6. The predicted molar refractivity (Wildman–Crippen MR) is 93.5 cm³/mol. The molecular formula is C15H21N3O4S2. The molecule has 0 saturated heterocycles. The lowest BCUT2D eigenvalue weighted by atomic mass is 10.3. The summed E-state index contributed by atoms with van der Waals surface area (Å²) < 4.78 is 36.2. The zero-order valence-electron chi connectivity index (χ0n) is 13.5. The Hall–Kier alpha value is -1.39. The van der Waals surface area contributed by atoms with E-state index >= 15 is 0 Å². The van der Waals surface area contributed by atoms with Crippen LogP contribution in [0.4, 0.5) is 0 Å². The minimum absolute atomic E-state index is 0.0625. The van der Waals surface area contributed by atoms with Gasteiger partial charge in [-0.25, -0.2) is 18.1 Å². The lowest BCUT2D eigenvalue weighted by molar-refractivity contribution is 0.0784. The zero-order chi connectivity index (χ0) is 17.3. The quantitative estimate of drug-likeness (QED) is 0.599. The third-order valence-corrected chi connectivity index (χ3v) is 5.33. The van der Waals surface area contributed by atoms with Crippen LogP contribution in [-0.4, -0.2) is 57.6 Å². The van der Waals surface area contributed by atoms with E-state index in [0.29, 0.717) is 26.2 Å². The Morgan fingerprint density at radius 3 is 2.88 bits per heavy atom. The minimum Gasteiger partial charge on any atom is -0.382 e. The normalized spacial score (nSPS) is 11.7. The summed E-state index contributed by atoms with van der Waals surface area (Å²) in [5.41, 5.74) is 1.67. The molecule has 1 N–H and O–H groups in total. The number of pyridine rings is 1. The van der Waals surface area contributed by atoms with Gasteiger partial charge in [-0.1, -0.05) is 6.07 Å². The van der Waals surface area contributed by atoms with Crippen LogP contribution in [0.25, 0.3) is 10.7 Å². The van der Waals surface area contributed by atoms with Gasteiger partial charge in [-0.15, -0.1) is 11.3 Å². The van der Waals surface area contributed by atoms with Gasteiger partial charge in [-0.2, -0.15) is 0 Å². The second-order valence-electron chi connectivity index (χ2n) is 4.93. The minimum atomic E-state index is -3.34. The molecule has 0 fully saturated rings. The first kappa shape index (κ1) is 18.9. The molecule has 0 atom stereocenters. The molecular weight excluding hydrogens is 350 g/mol. The van der Waals surface area contributed by atoms with Gasteiger partial charge in [0, 0.05) is 31.7 Å². The van der Waals surface area contributed by atoms with Crippen LogP contribution in [-0.2, 0) is 25.9 Å². The Labute approximate surface area is 146 Å². The molecule has 0 aliphatic carbocycles. The van der Waals surface area contributed by atoms with Crippen LogP contribution in [0.2, 0.25) is 0 Å². The molecule has 9 heteroatoms. The van der Waals surface area contributed by atoms with Gasteiger partial charge in [0.15, 0.2) is 0 Å². The Kier molecular flexibility index (Phi) is 7.73. The van der Waals surface area contributed by atoms with Crippen molar-refractivity contribution in [3.63, 3.8) is 0 Å². The van der Waals surface area contributed by atoms with E-state index in [4.69, 9.17) is 9.47 Å². The van der Waals surface area contributed by atoms with Gasteiger partial charge in [-0.3, -0.25) is 4.98 Å². The number of hydrogen-bond donors (Lipinski definition) is 1. The lowest BCUT2D eigenvalue weighted by Crippen LogP contribution is -2.30. The SMILES string of the molecule is COCCOCCS(=O)(=O)NCCc1csc(-c2ccccn2)n1. The summed E-state index contributed by atoms with van der Waals surface area (Å²) in [7, 11) is -1.77. The van der Waals surface area contributed by atoms with Crippen molar-refractivity contribution in [1.29, 1.82) is 0 Å². The lowest BCUT2D eigenvalue weighted by Gasteiger charge is -2.06. The Morgan fingerprint density at radius 1 is 1.25 bits per heavy atom. The molecule has 132 valence electrons. The smallest absolute Gasteiger partial charge is 0.213 e. The van der Waals surface area contributed by atoms with Gasteiger partial charge in [0.25, 0.3) is 0 Å². The summed E-state index contributed by atoms with van der Waals surface area (Å²) in [6.45, 7) is 1.31. The fourth-order valence-electron chi connectivity index (χ4n) is 1.85.